The van der Waals surface area contributed by atoms with Crippen molar-refractivity contribution in [3.05, 3.63) is 23.8 Å². The molecular weight excluding hydrogens is 234 g/mol. The van der Waals surface area contributed by atoms with Gasteiger partial charge in [0.15, 0.2) is 0 Å². The Balaban J connectivity index is 3.12. The van der Waals surface area contributed by atoms with Gasteiger partial charge in [-0.15, -0.1) is 0 Å². The lowest BCUT2D eigenvalue weighted by molar-refractivity contribution is 0.375. The zero-order valence-corrected chi connectivity index (χ0v) is 11.8. The van der Waals surface area contributed by atoms with Gasteiger partial charge in [0.05, 0.1) is 19.8 Å². The summed E-state index contributed by atoms with van der Waals surface area (Å²) in [5, 5.41) is 3.47. The van der Waals surface area contributed by atoms with Crippen molar-refractivity contribution in [3.8, 4) is 11.5 Å². The topological polar surface area (TPSA) is 30.5 Å². The highest BCUT2D eigenvalue weighted by Crippen LogP contribution is 2.35. The van der Waals surface area contributed by atoms with Crippen molar-refractivity contribution in [2.24, 2.45) is 0 Å². The first-order valence-corrected chi connectivity index (χ1v) is 7.11. The Morgan fingerprint density at radius 2 is 1.82 bits per heavy atom. The van der Waals surface area contributed by atoms with Crippen LogP contribution in [0.15, 0.2) is 18.2 Å². The zero-order chi connectivity index (χ0) is 12.7. The smallest absolute Gasteiger partial charge is 0.127 e. The van der Waals surface area contributed by atoms with Crippen LogP contribution in [0.3, 0.4) is 0 Å². The summed E-state index contributed by atoms with van der Waals surface area (Å²) in [6.45, 7) is 3.03. The van der Waals surface area contributed by atoms with Gasteiger partial charge in [0.2, 0.25) is 0 Å². The van der Waals surface area contributed by atoms with Crippen LogP contribution in [0.1, 0.15) is 18.5 Å². The number of thioether (sulfide) groups is 1. The van der Waals surface area contributed by atoms with Crippen molar-refractivity contribution in [2.45, 2.75) is 13.0 Å². The predicted molar refractivity (Wildman–Crippen MR) is 74.3 cm³/mol. The Morgan fingerprint density at radius 1 is 1.24 bits per heavy atom. The van der Waals surface area contributed by atoms with Crippen molar-refractivity contribution in [1.29, 1.82) is 0 Å². The van der Waals surface area contributed by atoms with E-state index in [1.807, 2.05) is 30.0 Å². The van der Waals surface area contributed by atoms with Gasteiger partial charge in [-0.3, -0.25) is 0 Å². The fraction of sp³-hybridized carbons (Fsp3) is 0.538. The summed E-state index contributed by atoms with van der Waals surface area (Å²) in [4.78, 5) is 0. The minimum atomic E-state index is 0.251. The lowest BCUT2D eigenvalue weighted by atomic mass is 10.1. The fourth-order valence-electron chi connectivity index (χ4n) is 1.88. The van der Waals surface area contributed by atoms with Gasteiger partial charge in [-0.1, -0.05) is 13.0 Å². The van der Waals surface area contributed by atoms with Crippen LogP contribution < -0.4 is 14.8 Å². The van der Waals surface area contributed by atoms with Crippen LogP contribution in [0.5, 0.6) is 11.5 Å². The van der Waals surface area contributed by atoms with Crippen LogP contribution in [-0.4, -0.2) is 32.8 Å². The van der Waals surface area contributed by atoms with E-state index in [1.165, 1.54) is 0 Å². The molecule has 1 rings (SSSR count). The molecule has 0 fully saturated rings. The number of rotatable bonds is 7. The Hall–Kier alpha value is -0.870. The van der Waals surface area contributed by atoms with E-state index in [-0.39, 0.29) is 6.04 Å². The molecule has 0 heterocycles. The van der Waals surface area contributed by atoms with Gasteiger partial charge in [0.25, 0.3) is 0 Å². The average Bonchev–Trinajstić information content (AvgIpc) is 2.37. The van der Waals surface area contributed by atoms with Gasteiger partial charge in [0.1, 0.15) is 11.5 Å². The molecule has 0 aliphatic heterocycles. The first kappa shape index (κ1) is 14.2. The normalized spacial score (nSPS) is 12.2. The first-order valence-electron chi connectivity index (χ1n) is 5.71. The second-order valence-corrected chi connectivity index (χ2v) is 4.55. The van der Waals surface area contributed by atoms with E-state index in [0.717, 1.165) is 29.4 Å². The lowest BCUT2D eigenvalue weighted by Crippen LogP contribution is -2.24. The highest BCUT2D eigenvalue weighted by Gasteiger charge is 2.19. The maximum Gasteiger partial charge on any atom is 0.127 e. The van der Waals surface area contributed by atoms with Crippen LogP contribution >= 0.6 is 11.8 Å². The minimum absolute atomic E-state index is 0.251. The molecule has 1 unspecified atom stereocenters. The van der Waals surface area contributed by atoms with Crippen molar-refractivity contribution in [1.82, 2.24) is 5.32 Å². The average molecular weight is 255 g/mol. The zero-order valence-electron chi connectivity index (χ0n) is 10.9. The first-order chi connectivity index (χ1) is 8.28. The molecule has 1 N–H and O–H groups in total. The van der Waals surface area contributed by atoms with Gasteiger partial charge >= 0.3 is 0 Å². The van der Waals surface area contributed by atoms with Gasteiger partial charge in [-0.25, -0.2) is 0 Å². The summed E-state index contributed by atoms with van der Waals surface area (Å²) >= 11 is 1.81. The maximum absolute atomic E-state index is 5.43. The molecule has 96 valence electrons. The lowest BCUT2D eigenvalue weighted by Gasteiger charge is -2.22. The summed E-state index contributed by atoms with van der Waals surface area (Å²) in [6.07, 6.45) is 2.10. The predicted octanol–water partition coefficient (Wildman–Crippen LogP) is 2.72. The van der Waals surface area contributed by atoms with Crippen LogP contribution in [-0.2, 0) is 0 Å². The molecule has 3 nitrogen and oxygen atoms in total. The Morgan fingerprint density at radius 3 is 2.24 bits per heavy atom. The molecular formula is C13H21NO2S. The number of benzene rings is 1. The molecule has 0 aliphatic rings. The van der Waals surface area contributed by atoms with Crippen molar-refractivity contribution in [2.75, 3.05) is 32.8 Å². The van der Waals surface area contributed by atoms with Crippen molar-refractivity contribution >= 4 is 11.8 Å². The van der Waals surface area contributed by atoms with Crippen LogP contribution in [0.4, 0.5) is 0 Å². The SMILES string of the molecule is CCNC(CSC)c1c(OC)cccc1OC. The maximum atomic E-state index is 5.43. The minimum Gasteiger partial charge on any atom is -0.496 e. The van der Waals surface area contributed by atoms with Crippen molar-refractivity contribution in [3.63, 3.8) is 0 Å². The Kier molecular flexibility index (Phi) is 6.22. The van der Waals surface area contributed by atoms with Crippen LogP contribution in [0.25, 0.3) is 0 Å². The Bertz CT molecular complexity index is 316. The van der Waals surface area contributed by atoms with E-state index in [2.05, 4.69) is 18.5 Å². The van der Waals surface area contributed by atoms with E-state index in [0.29, 0.717) is 0 Å². The van der Waals surface area contributed by atoms with Crippen LogP contribution in [0.2, 0.25) is 0 Å². The number of hydrogen-bond donors (Lipinski definition) is 1. The quantitative estimate of drug-likeness (QED) is 0.811. The van der Waals surface area contributed by atoms with Crippen LogP contribution in [0, 0.1) is 0 Å². The summed E-state index contributed by atoms with van der Waals surface area (Å²) < 4.78 is 10.9. The molecule has 17 heavy (non-hydrogen) atoms. The molecule has 1 aromatic rings. The standard InChI is InChI=1S/C13H21NO2S/c1-5-14-10(9-17-4)13-11(15-2)7-6-8-12(13)16-3/h6-8,10,14H,5,9H2,1-4H3. The molecule has 0 saturated heterocycles. The molecule has 1 aromatic carbocycles. The number of nitrogens with one attached hydrogen (secondary N) is 1. The molecule has 0 aliphatic carbocycles. The van der Waals surface area contributed by atoms with Gasteiger partial charge in [0, 0.05) is 11.8 Å². The molecule has 0 aromatic heterocycles. The summed E-state index contributed by atoms with van der Waals surface area (Å²) in [5.74, 6) is 2.75. The molecule has 0 radical (unpaired) electrons. The van der Waals surface area contributed by atoms with E-state index in [4.69, 9.17) is 9.47 Å². The third kappa shape index (κ3) is 3.54. The van der Waals surface area contributed by atoms with E-state index >= 15 is 0 Å². The van der Waals surface area contributed by atoms with E-state index < -0.39 is 0 Å². The molecule has 0 saturated carbocycles. The van der Waals surface area contributed by atoms with Gasteiger partial charge < -0.3 is 14.8 Å². The molecule has 0 spiro atoms. The van der Waals surface area contributed by atoms with Gasteiger partial charge in [-0.05, 0) is 24.9 Å². The fourth-order valence-corrected chi connectivity index (χ4v) is 2.50. The van der Waals surface area contributed by atoms with Gasteiger partial charge in [-0.2, -0.15) is 11.8 Å². The monoisotopic (exact) mass is 255 g/mol. The largest absolute Gasteiger partial charge is 0.496 e. The molecule has 1 atom stereocenters. The number of ether oxygens (including phenoxy) is 2. The summed E-state index contributed by atoms with van der Waals surface area (Å²) in [6, 6.07) is 6.15. The summed E-state index contributed by atoms with van der Waals surface area (Å²) in [5.41, 5.74) is 1.11. The second kappa shape index (κ2) is 7.45. The van der Waals surface area contributed by atoms with Crippen molar-refractivity contribution < 1.29 is 9.47 Å². The number of hydrogen-bond acceptors (Lipinski definition) is 4. The molecule has 0 amide bonds. The highest BCUT2D eigenvalue weighted by molar-refractivity contribution is 7.98. The molecule has 4 heteroatoms. The summed E-state index contributed by atoms with van der Waals surface area (Å²) in [7, 11) is 3.39. The van der Waals surface area contributed by atoms with E-state index in [1.54, 1.807) is 14.2 Å². The molecule has 0 bridgehead atoms. The number of methoxy groups -OCH3 is 2. The third-order valence-corrected chi connectivity index (χ3v) is 3.26. The third-order valence-electron chi connectivity index (χ3n) is 2.60. The Labute approximate surface area is 108 Å². The highest BCUT2D eigenvalue weighted by atomic mass is 32.2. The van der Waals surface area contributed by atoms with E-state index in [9.17, 15) is 0 Å². The second-order valence-electron chi connectivity index (χ2n) is 3.64.